The van der Waals surface area contributed by atoms with Gasteiger partial charge in [-0.3, -0.25) is 4.57 Å². The summed E-state index contributed by atoms with van der Waals surface area (Å²) < 4.78 is 1.75. The van der Waals surface area contributed by atoms with E-state index in [1.54, 1.807) is 10.8 Å². The second-order valence-electron chi connectivity index (χ2n) is 6.49. The number of aromatic nitrogens is 5. The Morgan fingerprint density at radius 1 is 1.15 bits per heavy atom. The first-order chi connectivity index (χ1) is 12.7. The summed E-state index contributed by atoms with van der Waals surface area (Å²) >= 11 is 0. The number of nitrogens with two attached hydrogens (primary N) is 1. The van der Waals surface area contributed by atoms with Crippen LogP contribution in [0.15, 0.2) is 47.4 Å². The third-order valence-electron chi connectivity index (χ3n) is 4.81. The summed E-state index contributed by atoms with van der Waals surface area (Å²) in [6.45, 7) is 2.22. The predicted molar refractivity (Wildman–Crippen MR) is 99.0 cm³/mol. The van der Waals surface area contributed by atoms with Gasteiger partial charge in [0.05, 0.1) is 6.54 Å². The molecular weight excluding hydrogens is 330 g/mol. The molecule has 0 radical (unpaired) electrons. The number of hydrogen-bond acceptors (Lipinski definition) is 6. The van der Waals surface area contributed by atoms with Crippen LogP contribution in [0.1, 0.15) is 30.1 Å². The van der Waals surface area contributed by atoms with Gasteiger partial charge in [0.1, 0.15) is 11.6 Å². The fourth-order valence-electron chi connectivity index (χ4n) is 3.47. The largest absolute Gasteiger partial charge is 0.368 e. The van der Waals surface area contributed by atoms with E-state index in [2.05, 4.69) is 25.1 Å². The number of hydrogen-bond donors (Lipinski definition) is 2. The lowest BCUT2D eigenvalue weighted by molar-refractivity contribution is 0.466. The van der Waals surface area contributed by atoms with Gasteiger partial charge in [0, 0.05) is 25.2 Å². The Morgan fingerprint density at radius 2 is 1.92 bits per heavy atom. The van der Waals surface area contributed by atoms with Gasteiger partial charge in [-0.25, -0.2) is 14.9 Å². The molecule has 26 heavy (non-hydrogen) atoms. The summed E-state index contributed by atoms with van der Waals surface area (Å²) in [6, 6.07) is 11.8. The zero-order valence-corrected chi connectivity index (χ0v) is 14.4. The molecule has 1 saturated heterocycles. The van der Waals surface area contributed by atoms with E-state index in [-0.39, 0.29) is 17.6 Å². The molecule has 2 aromatic heterocycles. The highest BCUT2D eigenvalue weighted by molar-refractivity contribution is 5.41. The van der Waals surface area contributed by atoms with Gasteiger partial charge >= 0.3 is 5.69 Å². The minimum atomic E-state index is -0.158. The van der Waals surface area contributed by atoms with Crippen molar-refractivity contribution < 1.29 is 0 Å². The molecule has 0 amide bonds. The number of rotatable bonds is 4. The van der Waals surface area contributed by atoms with E-state index in [9.17, 15) is 4.79 Å². The van der Waals surface area contributed by atoms with Crippen molar-refractivity contribution in [3.8, 4) is 0 Å². The van der Waals surface area contributed by atoms with Crippen LogP contribution in [0.2, 0.25) is 0 Å². The molecule has 1 aliphatic heterocycles. The third kappa shape index (κ3) is 3.30. The summed E-state index contributed by atoms with van der Waals surface area (Å²) in [7, 11) is 0. The van der Waals surface area contributed by atoms with E-state index < -0.39 is 0 Å². The maximum Gasteiger partial charge on any atom is 0.343 e. The average Bonchev–Trinajstić information content (AvgIpc) is 3.03. The minimum Gasteiger partial charge on any atom is -0.368 e. The number of anilines is 2. The first-order valence-corrected chi connectivity index (χ1v) is 8.73. The van der Waals surface area contributed by atoms with Gasteiger partial charge in [0.2, 0.25) is 5.95 Å². The average molecular weight is 351 g/mol. The van der Waals surface area contributed by atoms with Gasteiger partial charge in [-0.15, -0.1) is 0 Å². The molecule has 0 bridgehead atoms. The molecule has 4 rings (SSSR count). The molecule has 0 spiro atoms. The maximum atomic E-state index is 12.2. The summed E-state index contributed by atoms with van der Waals surface area (Å²) in [6.07, 6.45) is 3.49. The van der Waals surface area contributed by atoms with E-state index in [1.165, 1.54) is 0 Å². The topological polar surface area (TPSA) is 106 Å². The molecular formula is C18H21N7O. The van der Waals surface area contributed by atoms with E-state index in [4.69, 9.17) is 5.73 Å². The van der Waals surface area contributed by atoms with Crippen LogP contribution >= 0.6 is 0 Å². The molecule has 134 valence electrons. The van der Waals surface area contributed by atoms with Crippen molar-refractivity contribution in [2.24, 2.45) is 0 Å². The van der Waals surface area contributed by atoms with Gasteiger partial charge in [0.15, 0.2) is 0 Å². The number of benzene rings is 1. The highest BCUT2D eigenvalue weighted by atomic mass is 16.1. The van der Waals surface area contributed by atoms with Crippen molar-refractivity contribution in [3.05, 3.63) is 64.5 Å². The number of H-pyrrole nitrogens is 1. The monoisotopic (exact) mass is 351 g/mol. The Balaban J connectivity index is 1.49. The van der Waals surface area contributed by atoms with Crippen LogP contribution in [-0.2, 0) is 6.54 Å². The van der Waals surface area contributed by atoms with Crippen molar-refractivity contribution in [3.63, 3.8) is 0 Å². The van der Waals surface area contributed by atoms with Crippen LogP contribution in [0.3, 0.4) is 0 Å². The zero-order chi connectivity index (χ0) is 17.9. The van der Waals surface area contributed by atoms with Crippen LogP contribution in [0.5, 0.6) is 0 Å². The molecule has 0 aliphatic carbocycles. The summed E-state index contributed by atoms with van der Waals surface area (Å²) in [5.41, 5.74) is 6.61. The molecule has 3 heterocycles. The summed E-state index contributed by atoms with van der Waals surface area (Å²) in [4.78, 5) is 22.6. The standard InChI is InChI=1S/C18H21N7O/c19-17-20-9-6-15(21-17)24-10-7-14(8-11-24)16-22-23-18(26)25(16)12-13-4-2-1-3-5-13/h1-6,9,14H,7-8,10-12H2,(H,23,26)(H2,19,20,21). The maximum absolute atomic E-state index is 12.2. The summed E-state index contributed by atoms with van der Waals surface area (Å²) in [5, 5.41) is 6.92. The lowest BCUT2D eigenvalue weighted by Gasteiger charge is -2.32. The minimum absolute atomic E-state index is 0.158. The number of nitrogens with zero attached hydrogens (tertiary/aromatic N) is 5. The highest BCUT2D eigenvalue weighted by Gasteiger charge is 2.26. The third-order valence-corrected chi connectivity index (χ3v) is 4.81. The van der Waals surface area contributed by atoms with Gasteiger partial charge in [-0.05, 0) is 24.5 Å². The van der Waals surface area contributed by atoms with Gasteiger partial charge in [0.25, 0.3) is 0 Å². The van der Waals surface area contributed by atoms with Crippen LogP contribution in [0.25, 0.3) is 0 Å². The number of nitrogen functional groups attached to an aromatic ring is 1. The molecule has 3 aromatic rings. The molecule has 1 aliphatic rings. The van der Waals surface area contributed by atoms with Gasteiger partial charge in [-0.1, -0.05) is 30.3 Å². The molecule has 0 saturated carbocycles. The zero-order valence-electron chi connectivity index (χ0n) is 14.4. The quantitative estimate of drug-likeness (QED) is 0.735. The lowest BCUT2D eigenvalue weighted by Crippen LogP contribution is -2.35. The number of aromatic amines is 1. The Morgan fingerprint density at radius 3 is 2.65 bits per heavy atom. The van der Waals surface area contributed by atoms with Crippen LogP contribution < -0.4 is 16.3 Å². The van der Waals surface area contributed by atoms with Crippen molar-refractivity contribution in [1.82, 2.24) is 24.7 Å². The number of piperidine rings is 1. The SMILES string of the molecule is Nc1nccc(N2CCC(c3n[nH]c(=O)n3Cc3ccccc3)CC2)n1. The van der Waals surface area contributed by atoms with E-state index >= 15 is 0 Å². The molecule has 1 aromatic carbocycles. The van der Waals surface area contributed by atoms with Gasteiger partial charge < -0.3 is 10.6 Å². The molecule has 1 fully saturated rings. The van der Waals surface area contributed by atoms with Crippen molar-refractivity contribution >= 4 is 11.8 Å². The Labute approximate surface area is 150 Å². The lowest BCUT2D eigenvalue weighted by atomic mass is 9.96. The molecule has 3 N–H and O–H groups in total. The van der Waals surface area contributed by atoms with E-state index in [0.717, 1.165) is 43.1 Å². The molecule has 0 unspecified atom stereocenters. The van der Waals surface area contributed by atoms with Crippen LogP contribution in [0, 0.1) is 0 Å². The van der Waals surface area contributed by atoms with Crippen molar-refractivity contribution in [2.75, 3.05) is 23.7 Å². The predicted octanol–water partition coefficient (Wildman–Crippen LogP) is 1.38. The molecule has 8 heteroatoms. The first-order valence-electron chi connectivity index (χ1n) is 8.73. The van der Waals surface area contributed by atoms with E-state index in [1.807, 2.05) is 36.4 Å². The fourth-order valence-corrected chi connectivity index (χ4v) is 3.47. The second kappa shape index (κ2) is 6.99. The highest BCUT2D eigenvalue weighted by Crippen LogP contribution is 2.28. The Hall–Kier alpha value is -3.16. The number of nitrogens with one attached hydrogen (secondary N) is 1. The van der Waals surface area contributed by atoms with Crippen LogP contribution in [0.4, 0.5) is 11.8 Å². The first kappa shape index (κ1) is 16.3. The Bertz CT molecular complexity index is 926. The van der Waals surface area contributed by atoms with Crippen molar-refractivity contribution in [1.29, 1.82) is 0 Å². The Kier molecular flexibility index (Phi) is 4.39. The second-order valence-corrected chi connectivity index (χ2v) is 6.49. The van der Waals surface area contributed by atoms with Gasteiger partial charge in [-0.2, -0.15) is 10.1 Å². The van der Waals surface area contributed by atoms with Crippen LogP contribution in [-0.4, -0.2) is 37.8 Å². The van der Waals surface area contributed by atoms with E-state index in [0.29, 0.717) is 6.54 Å². The smallest absolute Gasteiger partial charge is 0.343 e. The molecule has 0 atom stereocenters. The normalized spacial score (nSPS) is 15.3. The summed E-state index contributed by atoms with van der Waals surface area (Å²) in [5.74, 6) is 2.21. The fraction of sp³-hybridized carbons (Fsp3) is 0.333. The molecule has 8 nitrogen and oxygen atoms in total. The van der Waals surface area contributed by atoms with Crippen molar-refractivity contribution in [2.45, 2.75) is 25.3 Å².